The van der Waals surface area contributed by atoms with E-state index in [4.69, 9.17) is 0 Å². The molecule has 0 radical (unpaired) electrons. The molecule has 1 atom stereocenters. The van der Waals surface area contributed by atoms with Crippen LogP contribution in [0.25, 0.3) is 39.5 Å². The van der Waals surface area contributed by atoms with Gasteiger partial charge in [-0.25, -0.2) is 0 Å². The van der Waals surface area contributed by atoms with E-state index in [0.29, 0.717) is 0 Å². The molecule has 2 heteroatoms. The first kappa shape index (κ1) is 58.3. The van der Waals surface area contributed by atoms with Crippen LogP contribution >= 0.6 is 0 Å². The molecule has 4 aliphatic carbocycles. The summed E-state index contributed by atoms with van der Waals surface area (Å²) in [6, 6.07) is 65.1. The smallest absolute Gasteiger partial charge is 0.0644 e. The largest absolute Gasteiger partial charge is 0.315 e. The highest BCUT2D eigenvalue weighted by Crippen LogP contribution is 2.64. The van der Waals surface area contributed by atoms with Crippen molar-refractivity contribution in [2.45, 2.75) is 92.4 Å². The molecule has 0 heterocycles. The summed E-state index contributed by atoms with van der Waals surface area (Å²) in [5.41, 5.74) is 30.9. The Morgan fingerprint density at radius 1 is 0.628 bits per heavy atom. The molecule has 1 unspecified atom stereocenters. The lowest BCUT2D eigenvalue weighted by Gasteiger charge is -2.38. The number of rotatable bonds is 20. The van der Waals surface area contributed by atoms with E-state index in [1.165, 1.54) is 106 Å². The number of nitrogens with zero attached hydrogens (tertiary/aromatic N) is 2. The van der Waals surface area contributed by atoms with Crippen molar-refractivity contribution in [1.29, 1.82) is 0 Å². The molecule has 0 fully saturated rings. The van der Waals surface area contributed by atoms with Gasteiger partial charge in [0.15, 0.2) is 0 Å². The highest BCUT2D eigenvalue weighted by Gasteiger charge is 2.53. The monoisotopic (exact) mass is 1120 g/mol. The molecule has 11 rings (SSSR count). The lowest BCUT2D eigenvalue weighted by Crippen LogP contribution is -2.30. The Morgan fingerprint density at radius 2 is 1.24 bits per heavy atom. The molecule has 7 aromatic carbocycles. The number of allylic oxidation sites excluding steroid dienone is 24. The SMILES string of the molecule is C=C/C=C\C1=C(C)C2(C(/C=C(\C=C/C)N(/C(C)=C/C=C(CC)/C(C)=C/CCC=C)c3ccc(-c4ccccc4)cc3)=Cc3ccc(N(c4ccc(C(/C=C\C)=C/C)cc4)c4ccc(-c5ccccc5)cc4)cc32)C2=C1C1=C(CC2)c2ccccc2C1. The average molecular weight is 1120 g/mol. The fourth-order valence-electron chi connectivity index (χ4n) is 13.8. The van der Waals surface area contributed by atoms with Gasteiger partial charge in [0.2, 0.25) is 0 Å². The first-order chi connectivity index (χ1) is 42.1. The lowest BCUT2D eigenvalue weighted by molar-refractivity contribution is 0.686. The van der Waals surface area contributed by atoms with Crippen molar-refractivity contribution >= 4 is 40.0 Å². The van der Waals surface area contributed by atoms with Gasteiger partial charge in [-0.3, -0.25) is 0 Å². The molecule has 0 saturated heterocycles. The predicted octanol–water partition coefficient (Wildman–Crippen LogP) is 23.4. The summed E-state index contributed by atoms with van der Waals surface area (Å²) in [6.45, 7) is 23.8. The van der Waals surface area contributed by atoms with Crippen molar-refractivity contribution in [3.05, 3.63) is 352 Å². The van der Waals surface area contributed by atoms with E-state index in [-0.39, 0.29) is 0 Å². The molecule has 426 valence electrons. The minimum Gasteiger partial charge on any atom is -0.315 e. The highest BCUT2D eigenvalue weighted by atomic mass is 15.2. The van der Waals surface area contributed by atoms with Crippen LogP contribution in [0.2, 0.25) is 0 Å². The van der Waals surface area contributed by atoms with Crippen LogP contribution in [0, 0.1) is 0 Å². The predicted molar refractivity (Wildman–Crippen MR) is 373 cm³/mol. The standard InChI is InChI=1S/C84H80N2/c1-10-16-20-29-59(7)62(14-5)38-37-60(8)85(72-46-41-67(42-47-72)64-30-21-18-22-31-64)75(28-13-4)57-71-55-70-45-52-76(86(73-48-39-66(40-49-73)63(15-6)27-12-3)74-50-43-68(44-51-74)65-32-23-19-24-33-65)58-82(70)84(71)61(9)77(35-17-11-2)83-80-56-69-34-25-26-36-78(69)79(80)53-54-81(83)84/h10-13,15,17-19,21-52,55,57-58H,1-2,14,16,20,53-54,56H2,3-9H3/b27-12-,28-13-,35-17-,59-29+,60-37+,62-38+,63-15+,75-57+. The molecule has 0 saturated carbocycles. The van der Waals surface area contributed by atoms with Gasteiger partial charge in [-0.1, -0.05) is 207 Å². The molecular formula is C84H80N2. The van der Waals surface area contributed by atoms with Crippen molar-refractivity contribution in [1.82, 2.24) is 0 Å². The number of unbranched alkanes of at least 4 members (excludes halogenated alkanes) is 1. The van der Waals surface area contributed by atoms with Gasteiger partial charge in [0, 0.05) is 34.1 Å². The van der Waals surface area contributed by atoms with Gasteiger partial charge in [0.05, 0.1) is 5.41 Å². The number of benzene rings is 7. The fraction of sp³-hybridized carbons (Fsp3) is 0.167. The summed E-state index contributed by atoms with van der Waals surface area (Å²) in [5, 5.41) is 0. The van der Waals surface area contributed by atoms with E-state index in [2.05, 4.69) is 320 Å². The number of fused-ring (bicyclic) bond motifs is 6. The molecule has 0 N–H and O–H groups in total. The van der Waals surface area contributed by atoms with Crippen molar-refractivity contribution in [2.75, 3.05) is 9.80 Å². The topological polar surface area (TPSA) is 6.48 Å². The van der Waals surface area contributed by atoms with E-state index in [9.17, 15) is 0 Å². The fourth-order valence-corrected chi connectivity index (χ4v) is 13.8. The van der Waals surface area contributed by atoms with Crippen LogP contribution in [0.15, 0.2) is 324 Å². The van der Waals surface area contributed by atoms with Crippen molar-refractivity contribution in [3.63, 3.8) is 0 Å². The number of anilines is 4. The van der Waals surface area contributed by atoms with Gasteiger partial charge in [-0.2, -0.15) is 0 Å². The summed E-state index contributed by atoms with van der Waals surface area (Å²) in [4.78, 5) is 4.92. The minimum atomic E-state index is -0.606. The normalized spacial score (nSPS) is 17.1. The summed E-state index contributed by atoms with van der Waals surface area (Å²) in [6.07, 6.45) is 37.2. The molecule has 2 nitrogen and oxygen atoms in total. The second-order valence-electron chi connectivity index (χ2n) is 22.9. The Kier molecular flexibility index (Phi) is 17.7. The zero-order chi connectivity index (χ0) is 59.7. The third-order valence-corrected chi connectivity index (χ3v) is 17.9. The molecular weight excluding hydrogens is 1040 g/mol. The average Bonchev–Trinajstić information content (AvgIpc) is 1.52. The summed E-state index contributed by atoms with van der Waals surface area (Å²) in [5.74, 6) is 0. The highest BCUT2D eigenvalue weighted by molar-refractivity contribution is 5.93. The third-order valence-electron chi connectivity index (χ3n) is 17.9. The van der Waals surface area contributed by atoms with Crippen LogP contribution in [0.1, 0.15) is 108 Å². The van der Waals surface area contributed by atoms with E-state index in [0.717, 1.165) is 72.7 Å². The second-order valence-corrected chi connectivity index (χ2v) is 22.9. The van der Waals surface area contributed by atoms with E-state index in [1.54, 1.807) is 0 Å². The molecule has 86 heavy (non-hydrogen) atoms. The van der Waals surface area contributed by atoms with Crippen LogP contribution < -0.4 is 9.80 Å². The van der Waals surface area contributed by atoms with Crippen molar-refractivity contribution in [2.24, 2.45) is 0 Å². The van der Waals surface area contributed by atoms with Crippen LogP contribution in [0.4, 0.5) is 22.7 Å². The zero-order valence-electron chi connectivity index (χ0n) is 51.4. The zero-order valence-corrected chi connectivity index (χ0v) is 51.4. The first-order valence-corrected chi connectivity index (χ1v) is 30.9. The van der Waals surface area contributed by atoms with Gasteiger partial charge in [-0.15, -0.1) is 6.58 Å². The van der Waals surface area contributed by atoms with Gasteiger partial charge in [0.1, 0.15) is 0 Å². The molecule has 1 spiro atoms. The lowest BCUT2D eigenvalue weighted by atomic mass is 9.65. The minimum absolute atomic E-state index is 0.606. The van der Waals surface area contributed by atoms with Gasteiger partial charge < -0.3 is 9.80 Å². The van der Waals surface area contributed by atoms with Gasteiger partial charge in [-0.05, 0) is 253 Å². The molecule has 7 aromatic rings. The third kappa shape index (κ3) is 11.2. The Morgan fingerprint density at radius 3 is 1.87 bits per heavy atom. The summed E-state index contributed by atoms with van der Waals surface area (Å²) >= 11 is 0. The Bertz CT molecular complexity index is 4090. The molecule has 0 amide bonds. The van der Waals surface area contributed by atoms with Crippen molar-refractivity contribution < 1.29 is 0 Å². The maximum Gasteiger partial charge on any atom is 0.0644 e. The van der Waals surface area contributed by atoms with Crippen LogP contribution in [0.3, 0.4) is 0 Å². The molecule has 4 aliphatic rings. The Hall–Kier alpha value is -9.50. The van der Waals surface area contributed by atoms with E-state index < -0.39 is 5.41 Å². The van der Waals surface area contributed by atoms with Crippen LogP contribution in [0.5, 0.6) is 0 Å². The Labute approximate surface area is 513 Å². The second kappa shape index (κ2) is 26.2. The molecule has 0 aromatic heterocycles. The quantitative estimate of drug-likeness (QED) is 0.0426. The molecule has 0 aliphatic heterocycles. The Balaban J connectivity index is 1.14. The maximum atomic E-state index is 4.23. The number of hydrogen-bond acceptors (Lipinski definition) is 2. The number of hydrogen-bond donors (Lipinski definition) is 0. The summed E-state index contributed by atoms with van der Waals surface area (Å²) in [7, 11) is 0. The molecule has 0 bridgehead atoms. The van der Waals surface area contributed by atoms with E-state index >= 15 is 0 Å². The summed E-state index contributed by atoms with van der Waals surface area (Å²) < 4.78 is 0. The maximum absolute atomic E-state index is 4.23. The van der Waals surface area contributed by atoms with Gasteiger partial charge in [0.25, 0.3) is 0 Å². The van der Waals surface area contributed by atoms with Crippen LogP contribution in [-0.4, -0.2) is 0 Å². The van der Waals surface area contributed by atoms with Crippen LogP contribution in [-0.2, 0) is 11.8 Å². The van der Waals surface area contributed by atoms with Crippen molar-refractivity contribution in [3.8, 4) is 22.3 Å². The van der Waals surface area contributed by atoms with E-state index in [1.807, 2.05) is 12.2 Å². The van der Waals surface area contributed by atoms with Gasteiger partial charge >= 0.3 is 0 Å². The first-order valence-electron chi connectivity index (χ1n) is 30.9.